The normalized spacial score (nSPS) is 17.7. The SMILES string of the molecule is COc1ccc(CCNC(=O)C(C)OC(=O)C2CCCN(S(=O)(=O)c3c(C)noc3C)C2)cc1. The van der Waals surface area contributed by atoms with Gasteiger partial charge in [0.05, 0.1) is 13.0 Å². The summed E-state index contributed by atoms with van der Waals surface area (Å²) in [6, 6.07) is 7.53. The second-order valence-corrected chi connectivity index (χ2v) is 10.2. The summed E-state index contributed by atoms with van der Waals surface area (Å²) in [5.74, 6) is -0.677. The summed E-state index contributed by atoms with van der Waals surface area (Å²) in [5.41, 5.74) is 1.31. The molecule has 186 valence electrons. The first-order valence-corrected chi connectivity index (χ1v) is 12.6. The highest BCUT2D eigenvalue weighted by Gasteiger charge is 2.37. The van der Waals surface area contributed by atoms with E-state index in [0.29, 0.717) is 25.8 Å². The Morgan fingerprint density at radius 3 is 2.59 bits per heavy atom. The Morgan fingerprint density at radius 1 is 1.26 bits per heavy atom. The smallest absolute Gasteiger partial charge is 0.311 e. The average Bonchev–Trinajstić information content (AvgIpc) is 3.17. The van der Waals surface area contributed by atoms with E-state index in [1.165, 1.54) is 18.2 Å². The fraction of sp³-hybridized carbons (Fsp3) is 0.522. The molecule has 34 heavy (non-hydrogen) atoms. The average molecular weight is 494 g/mol. The van der Waals surface area contributed by atoms with E-state index < -0.39 is 33.9 Å². The molecule has 0 spiro atoms. The molecule has 10 nitrogen and oxygen atoms in total. The molecule has 2 atom stereocenters. The minimum atomic E-state index is -3.85. The van der Waals surface area contributed by atoms with E-state index in [9.17, 15) is 18.0 Å². The molecule has 1 aliphatic rings. The molecule has 1 aliphatic heterocycles. The van der Waals surface area contributed by atoms with Crippen molar-refractivity contribution in [1.82, 2.24) is 14.8 Å². The molecule has 0 saturated carbocycles. The highest BCUT2D eigenvalue weighted by molar-refractivity contribution is 7.89. The fourth-order valence-corrected chi connectivity index (χ4v) is 5.73. The minimum Gasteiger partial charge on any atom is -0.497 e. The third-order valence-electron chi connectivity index (χ3n) is 5.82. The zero-order chi connectivity index (χ0) is 24.9. The van der Waals surface area contributed by atoms with Crippen molar-refractivity contribution >= 4 is 21.9 Å². The lowest BCUT2D eigenvalue weighted by molar-refractivity contribution is -0.159. The van der Waals surface area contributed by atoms with Gasteiger partial charge in [0.25, 0.3) is 5.91 Å². The van der Waals surface area contributed by atoms with Crippen LogP contribution in [0.5, 0.6) is 5.75 Å². The number of aromatic nitrogens is 1. The standard InChI is InChI=1S/C23H31N3O7S/c1-15-21(16(2)33-25-15)34(29,30)26-13-5-6-19(14-26)23(28)32-17(3)22(27)24-12-11-18-7-9-20(31-4)10-8-18/h7-10,17,19H,5-6,11-14H2,1-4H3,(H,24,27). The van der Waals surface area contributed by atoms with Crippen molar-refractivity contribution in [3.05, 3.63) is 41.3 Å². The number of carbonyl (C=O) groups is 2. The summed E-state index contributed by atoms with van der Waals surface area (Å²) in [6.07, 6.45) is 0.620. The Balaban J connectivity index is 1.51. The molecule has 1 aromatic heterocycles. The molecular formula is C23H31N3O7S. The molecule has 1 N–H and O–H groups in total. The number of sulfonamides is 1. The van der Waals surface area contributed by atoms with Crippen LogP contribution < -0.4 is 10.1 Å². The van der Waals surface area contributed by atoms with Crippen LogP contribution in [0.25, 0.3) is 0 Å². The molecule has 1 saturated heterocycles. The van der Waals surface area contributed by atoms with Crippen LogP contribution in [0.1, 0.15) is 36.8 Å². The van der Waals surface area contributed by atoms with Gasteiger partial charge >= 0.3 is 5.97 Å². The van der Waals surface area contributed by atoms with Crippen LogP contribution in [0.15, 0.2) is 33.7 Å². The second-order valence-electron chi connectivity index (χ2n) is 8.32. The van der Waals surface area contributed by atoms with Crippen molar-refractivity contribution in [1.29, 1.82) is 0 Å². The van der Waals surface area contributed by atoms with Crippen molar-refractivity contribution in [2.75, 3.05) is 26.7 Å². The van der Waals surface area contributed by atoms with Crippen LogP contribution >= 0.6 is 0 Å². The number of hydrogen-bond donors (Lipinski definition) is 1. The first-order valence-electron chi connectivity index (χ1n) is 11.2. The topological polar surface area (TPSA) is 128 Å². The van der Waals surface area contributed by atoms with Gasteiger partial charge in [-0.15, -0.1) is 0 Å². The number of methoxy groups -OCH3 is 1. The number of nitrogens with one attached hydrogen (secondary N) is 1. The van der Waals surface area contributed by atoms with Gasteiger partial charge in [-0.1, -0.05) is 17.3 Å². The highest BCUT2D eigenvalue weighted by atomic mass is 32.2. The first kappa shape index (κ1) is 25.7. The van der Waals surface area contributed by atoms with E-state index in [1.807, 2.05) is 24.3 Å². The summed E-state index contributed by atoms with van der Waals surface area (Å²) >= 11 is 0. The van der Waals surface area contributed by atoms with Gasteiger partial charge in [-0.25, -0.2) is 8.42 Å². The summed E-state index contributed by atoms with van der Waals surface area (Å²) in [7, 11) is -2.25. The van der Waals surface area contributed by atoms with Crippen molar-refractivity contribution in [3.63, 3.8) is 0 Å². The second kappa shape index (κ2) is 11.0. The number of carbonyl (C=O) groups excluding carboxylic acids is 2. The van der Waals surface area contributed by atoms with Gasteiger partial charge in [0, 0.05) is 19.6 Å². The predicted octanol–water partition coefficient (Wildman–Crippen LogP) is 1.99. The molecule has 0 radical (unpaired) electrons. The third kappa shape index (κ3) is 5.95. The third-order valence-corrected chi connectivity index (χ3v) is 7.93. The maximum atomic E-state index is 13.1. The lowest BCUT2D eigenvalue weighted by atomic mass is 10.00. The van der Waals surface area contributed by atoms with E-state index in [1.54, 1.807) is 14.0 Å². The maximum absolute atomic E-state index is 13.1. The summed E-state index contributed by atoms with van der Waals surface area (Å²) < 4.78 is 42.9. The Bertz CT molecular complexity index is 1090. The van der Waals surface area contributed by atoms with E-state index >= 15 is 0 Å². The molecule has 2 aromatic rings. The minimum absolute atomic E-state index is 0.0168. The number of piperidine rings is 1. The lowest BCUT2D eigenvalue weighted by Crippen LogP contribution is -2.44. The van der Waals surface area contributed by atoms with Crippen LogP contribution in [0.4, 0.5) is 0 Å². The van der Waals surface area contributed by atoms with E-state index in [4.69, 9.17) is 14.0 Å². The van der Waals surface area contributed by atoms with Gasteiger partial charge in [-0.3, -0.25) is 9.59 Å². The Labute approximate surface area is 199 Å². The first-order chi connectivity index (χ1) is 16.1. The number of hydrogen-bond acceptors (Lipinski definition) is 8. The zero-order valence-electron chi connectivity index (χ0n) is 19.9. The molecule has 2 unspecified atom stereocenters. The molecule has 1 amide bonds. The highest BCUT2D eigenvalue weighted by Crippen LogP contribution is 2.28. The van der Waals surface area contributed by atoms with Crippen LogP contribution in [0, 0.1) is 19.8 Å². The Hall–Kier alpha value is -2.92. The van der Waals surface area contributed by atoms with Crippen molar-refractivity contribution < 1.29 is 32.0 Å². The van der Waals surface area contributed by atoms with Crippen molar-refractivity contribution in [2.45, 2.75) is 51.0 Å². The van der Waals surface area contributed by atoms with Gasteiger partial charge in [-0.2, -0.15) is 4.31 Å². The number of aryl methyl sites for hydroxylation is 2. The van der Waals surface area contributed by atoms with Crippen LogP contribution in [0.3, 0.4) is 0 Å². The van der Waals surface area contributed by atoms with Gasteiger partial charge < -0.3 is 19.3 Å². The number of rotatable bonds is 9. The predicted molar refractivity (Wildman–Crippen MR) is 123 cm³/mol. The number of benzene rings is 1. The van der Waals surface area contributed by atoms with Crippen LogP contribution in [0.2, 0.25) is 0 Å². The number of esters is 1. The molecule has 2 heterocycles. The summed E-state index contributed by atoms with van der Waals surface area (Å²) in [4.78, 5) is 25.1. The zero-order valence-corrected chi connectivity index (χ0v) is 20.7. The van der Waals surface area contributed by atoms with Gasteiger partial charge in [-0.05, 0) is 57.7 Å². The molecule has 1 fully saturated rings. The lowest BCUT2D eigenvalue weighted by Gasteiger charge is -2.31. The molecule has 0 bridgehead atoms. The number of nitrogens with zero attached hydrogens (tertiary/aromatic N) is 2. The van der Waals surface area contributed by atoms with E-state index in [2.05, 4.69) is 10.5 Å². The monoisotopic (exact) mass is 493 g/mol. The van der Waals surface area contributed by atoms with E-state index in [-0.39, 0.29) is 29.4 Å². The summed E-state index contributed by atoms with van der Waals surface area (Å²) in [6.45, 7) is 5.27. The van der Waals surface area contributed by atoms with E-state index in [0.717, 1.165) is 11.3 Å². The molecule has 11 heteroatoms. The van der Waals surface area contributed by atoms with Gasteiger partial charge in [0.1, 0.15) is 16.3 Å². The molecule has 0 aliphatic carbocycles. The van der Waals surface area contributed by atoms with Crippen LogP contribution in [-0.2, 0) is 30.8 Å². The fourth-order valence-electron chi connectivity index (χ4n) is 3.92. The van der Waals surface area contributed by atoms with Gasteiger partial charge in [0.2, 0.25) is 10.0 Å². The van der Waals surface area contributed by atoms with Gasteiger partial charge in [0.15, 0.2) is 11.9 Å². The molecular weight excluding hydrogens is 462 g/mol. The van der Waals surface area contributed by atoms with Crippen molar-refractivity contribution in [3.8, 4) is 5.75 Å². The summed E-state index contributed by atoms with van der Waals surface area (Å²) in [5, 5.41) is 6.48. The largest absolute Gasteiger partial charge is 0.497 e. The Morgan fingerprint density at radius 2 is 1.97 bits per heavy atom. The quantitative estimate of drug-likeness (QED) is 0.525. The number of ether oxygens (including phenoxy) is 2. The molecule has 3 rings (SSSR count). The van der Waals surface area contributed by atoms with Crippen molar-refractivity contribution in [2.24, 2.45) is 5.92 Å². The maximum Gasteiger partial charge on any atom is 0.311 e. The Kier molecular flexibility index (Phi) is 8.32. The van der Waals surface area contributed by atoms with Crippen LogP contribution in [-0.4, -0.2) is 62.6 Å². The molecule has 1 aromatic carbocycles. The number of amides is 1.